The lowest BCUT2D eigenvalue weighted by molar-refractivity contribution is -0.161. The third-order valence-electron chi connectivity index (χ3n) is 14.7. The van der Waals surface area contributed by atoms with Gasteiger partial charge in [0, 0.05) is 25.7 Å². The predicted octanol–water partition coefficient (Wildman–Crippen LogP) is 17.0. The van der Waals surface area contributed by atoms with Gasteiger partial charge in [0.2, 0.25) is 0 Å². The molecular weight excluding hydrogens is 1090 g/mol. The summed E-state index contributed by atoms with van der Waals surface area (Å²) in [6.45, 7) is 13.9. The second-order valence-corrected chi connectivity index (χ2v) is 27.4. The Labute approximate surface area is 498 Å². The van der Waals surface area contributed by atoms with Gasteiger partial charge in [0.1, 0.15) is 19.3 Å². The number of carbonyl (C=O) groups is 4. The quantitative estimate of drug-likeness (QED) is 0.0222. The summed E-state index contributed by atoms with van der Waals surface area (Å²) < 4.78 is 67.9. The Morgan fingerprint density at radius 1 is 0.341 bits per heavy atom. The van der Waals surface area contributed by atoms with E-state index in [2.05, 4.69) is 55.4 Å². The van der Waals surface area contributed by atoms with Crippen LogP contribution in [0.4, 0.5) is 0 Å². The summed E-state index contributed by atoms with van der Waals surface area (Å²) in [4.78, 5) is 72.1. The molecular formula is C63H122O17P2. The number of esters is 4. The van der Waals surface area contributed by atoms with E-state index in [1.54, 1.807) is 0 Å². The molecule has 0 fully saturated rings. The van der Waals surface area contributed by atoms with Gasteiger partial charge in [0.25, 0.3) is 0 Å². The number of hydrogen-bond acceptors (Lipinski definition) is 15. The van der Waals surface area contributed by atoms with Crippen molar-refractivity contribution in [1.29, 1.82) is 0 Å². The molecule has 3 N–H and O–H groups in total. The fraction of sp³-hybridized carbons (Fsp3) is 0.937. The van der Waals surface area contributed by atoms with Crippen molar-refractivity contribution in [3.05, 3.63) is 0 Å². The molecule has 82 heavy (non-hydrogen) atoms. The first-order valence-electron chi connectivity index (χ1n) is 32.7. The highest BCUT2D eigenvalue weighted by Crippen LogP contribution is 2.45. The lowest BCUT2D eigenvalue weighted by Crippen LogP contribution is -2.30. The van der Waals surface area contributed by atoms with Crippen LogP contribution in [0.15, 0.2) is 0 Å². The van der Waals surface area contributed by atoms with Crippen LogP contribution in [0.5, 0.6) is 0 Å². The van der Waals surface area contributed by atoms with Crippen molar-refractivity contribution < 1.29 is 80.2 Å². The molecule has 0 aliphatic carbocycles. The normalized spacial score (nSPS) is 14.8. The Bertz CT molecular complexity index is 1650. The van der Waals surface area contributed by atoms with Crippen LogP contribution < -0.4 is 0 Å². The zero-order chi connectivity index (χ0) is 61.1. The maximum atomic E-state index is 13.0. The minimum atomic E-state index is -4.94. The van der Waals surface area contributed by atoms with E-state index in [9.17, 15) is 43.2 Å². The molecule has 0 aliphatic rings. The van der Waals surface area contributed by atoms with Crippen LogP contribution in [-0.2, 0) is 65.4 Å². The SMILES string of the molecule is CCC(C)CCCCCCCCC(=O)OC[C@H](COP(=O)(O)OCC(O)COP(=O)(O)OC[C@@H](COC(=O)CCCCCCCCCC(C)C)OC(=O)CCCCCCCCCCC(C)C)OC(=O)CCCCCCCCCCC(C)C. The van der Waals surface area contributed by atoms with E-state index in [1.807, 2.05) is 0 Å². The first-order valence-corrected chi connectivity index (χ1v) is 35.7. The summed E-state index contributed by atoms with van der Waals surface area (Å²) >= 11 is 0. The molecule has 0 aromatic carbocycles. The van der Waals surface area contributed by atoms with Gasteiger partial charge in [-0.05, 0) is 49.4 Å². The van der Waals surface area contributed by atoms with E-state index in [1.165, 1.54) is 89.9 Å². The van der Waals surface area contributed by atoms with Gasteiger partial charge < -0.3 is 33.8 Å². The number of phosphoric acid groups is 2. The average Bonchev–Trinajstić information content (AvgIpc) is 3.43. The van der Waals surface area contributed by atoms with Gasteiger partial charge in [-0.1, -0.05) is 248 Å². The van der Waals surface area contributed by atoms with Crippen LogP contribution in [0.25, 0.3) is 0 Å². The number of aliphatic hydroxyl groups excluding tert-OH is 1. The van der Waals surface area contributed by atoms with E-state index < -0.39 is 97.5 Å². The molecule has 0 amide bonds. The Balaban J connectivity index is 5.26. The number of rotatable bonds is 60. The number of unbranched alkanes of at least 4 members (excludes halogenated alkanes) is 25. The Kier molecular flexibility index (Phi) is 52.0. The van der Waals surface area contributed by atoms with Crippen molar-refractivity contribution in [3.8, 4) is 0 Å². The van der Waals surface area contributed by atoms with E-state index in [-0.39, 0.29) is 25.7 Å². The Morgan fingerprint density at radius 2 is 0.585 bits per heavy atom. The molecule has 0 bridgehead atoms. The summed E-state index contributed by atoms with van der Waals surface area (Å²) in [5.74, 6) is 0.729. The molecule has 4 unspecified atom stereocenters. The Hall–Kier alpha value is -1.94. The zero-order valence-electron chi connectivity index (χ0n) is 53.1. The van der Waals surface area contributed by atoms with Gasteiger partial charge in [-0.15, -0.1) is 0 Å². The number of phosphoric ester groups is 2. The molecule has 0 aliphatic heterocycles. The molecule has 0 heterocycles. The van der Waals surface area contributed by atoms with Crippen LogP contribution in [0.1, 0.15) is 299 Å². The number of aliphatic hydroxyl groups is 1. The molecule has 0 radical (unpaired) electrons. The highest BCUT2D eigenvalue weighted by atomic mass is 31.2. The predicted molar refractivity (Wildman–Crippen MR) is 326 cm³/mol. The van der Waals surface area contributed by atoms with Gasteiger partial charge in [-0.25, -0.2) is 9.13 Å². The summed E-state index contributed by atoms with van der Waals surface area (Å²) in [5, 5.41) is 10.5. The van der Waals surface area contributed by atoms with Gasteiger partial charge >= 0.3 is 39.5 Å². The third kappa shape index (κ3) is 55.9. The third-order valence-corrected chi connectivity index (χ3v) is 16.6. The topological polar surface area (TPSA) is 237 Å². The summed E-state index contributed by atoms with van der Waals surface area (Å²) in [5.41, 5.74) is 0. The Morgan fingerprint density at radius 3 is 0.866 bits per heavy atom. The summed E-state index contributed by atoms with van der Waals surface area (Å²) in [6.07, 6.45) is 32.3. The van der Waals surface area contributed by atoms with Crippen molar-refractivity contribution in [3.63, 3.8) is 0 Å². The highest BCUT2D eigenvalue weighted by molar-refractivity contribution is 7.47. The maximum Gasteiger partial charge on any atom is 0.472 e. The second kappa shape index (κ2) is 53.3. The van der Waals surface area contributed by atoms with Crippen molar-refractivity contribution in [2.75, 3.05) is 39.6 Å². The van der Waals surface area contributed by atoms with Gasteiger partial charge in [0.15, 0.2) is 12.2 Å². The van der Waals surface area contributed by atoms with Crippen molar-refractivity contribution in [2.24, 2.45) is 23.7 Å². The molecule has 0 spiro atoms. The van der Waals surface area contributed by atoms with E-state index in [0.717, 1.165) is 120 Å². The molecule has 486 valence electrons. The lowest BCUT2D eigenvalue weighted by Gasteiger charge is -2.21. The van der Waals surface area contributed by atoms with Crippen LogP contribution in [0.3, 0.4) is 0 Å². The average molecular weight is 1210 g/mol. The number of carbonyl (C=O) groups excluding carboxylic acids is 4. The second-order valence-electron chi connectivity index (χ2n) is 24.5. The molecule has 0 aromatic heterocycles. The first-order chi connectivity index (χ1) is 39.1. The monoisotopic (exact) mass is 1210 g/mol. The first kappa shape index (κ1) is 80.1. The number of ether oxygens (including phenoxy) is 4. The highest BCUT2D eigenvalue weighted by Gasteiger charge is 2.30. The smallest absolute Gasteiger partial charge is 0.462 e. The largest absolute Gasteiger partial charge is 0.472 e. The molecule has 19 heteroatoms. The van der Waals surface area contributed by atoms with Gasteiger partial charge in [-0.3, -0.25) is 37.3 Å². The van der Waals surface area contributed by atoms with E-state index >= 15 is 0 Å². The van der Waals surface area contributed by atoms with Gasteiger partial charge in [0.05, 0.1) is 26.4 Å². The summed E-state index contributed by atoms with van der Waals surface area (Å²) in [7, 11) is -9.89. The zero-order valence-corrected chi connectivity index (χ0v) is 54.9. The summed E-state index contributed by atoms with van der Waals surface area (Å²) in [6, 6.07) is 0. The standard InChI is InChI=1S/C63H122O17P2/c1-9-56(8)42-34-26-21-22-28-36-44-61(66)74-50-59(80-63(68)46-38-30-19-13-11-16-24-32-40-54(4)5)52-78-82(71,72)76-48-57(64)47-75-81(69,70)77-51-58(49-73-60(65)43-35-27-20-14-17-25-33-41-55(6)7)79-62(67)45-37-29-18-12-10-15-23-31-39-53(2)3/h53-59,64H,9-52H2,1-8H3,(H,69,70)(H,71,72)/t56?,57?,58-,59-/m1/s1. The molecule has 0 saturated heterocycles. The van der Waals surface area contributed by atoms with Crippen LogP contribution in [-0.4, -0.2) is 96.7 Å². The van der Waals surface area contributed by atoms with Crippen LogP contribution in [0, 0.1) is 23.7 Å². The number of hydrogen-bond donors (Lipinski definition) is 3. The molecule has 0 aromatic rings. The lowest BCUT2D eigenvalue weighted by atomic mass is 10.00. The minimum Gasteiger partial charge on any atom is -0.462 e. The van der Waals surface area contributed by atoms with E-state index in [0.29, 0.717) is 31.6 Å². The van der Waals surface area contributed by atoms with Gasteiger partial charge in [-0.2, -0.15) is 0 Å². The fourth-order valence-electron chi connectivity index (χ4n) is 9.22. The molecule has 6 atom stereocenters. The molecule has 17 nitrogen and oxygen atoms in total. The van der Waals surface area contributed by atoms with Crippen LogP contribution >= 0.6 is 15.6 Å². The minimum absolute atomic E-state index is 0.103. The molecule has 0 rings (SSSR count). The van der Waals surface area contributed by atoms with Crippen molar-refractivity contribution >= 4 is 39.5 Å². The fourth-order valence-corrected chi connectivity index (χ4v) is 10.8. The molecule has 0 saturated carbocycles. The maximum absolute atomic E-state index is 13.0. The van der Waals surface area contributed by atoms with Crippen molar-refractivity contribution in [1.82, 2.24) is 0 Å². The van der Waals surface area contributed by atoms with Crippen molar-refractivity contribution in [2.45, 2.75) is 318 Å². The van der Waals surface area contributed by atoms with E-state index in [4.69, 9.17) is 37.0 Å². The van der Waals surface area contributed by atoms with Crippen LogP contribution in [0.2, 0.25) is 0 Å².